The monoisotopic (exact) mass is 275 g/mol. The Labute approximate surface area is 117 Å². The van der Waals surface area contributed by atoms with Crippen molar-refractivity contribution in [3.05, 3.63) is 35.4 Å². The van der Waals surface area contributed by atoms with Crippen molar-refractivity contribution in [3.8, 4) is 0 Å². The van der Waals surface area contributed by atoms with Crippen LogP contribution < -0.4 is 0 Å². The molecule has 1 aromatic carbocycles. The van der Waals surface area contributed by atoms with Gasteiger partial charge in [-0.3, -0.25) is 19.3 Å². The number of ketones is 1. The van der Waals surface area contributed by atoms with E-state index < -0.39 is 12.0 Å². The van der Waals surface area contributed by atoms with E-state index >= 15 is 0 Å². The number of rotatable bonds is 5. The molecule has 2 atom stereocenters. The number of hydrogen-bond acceptors (Lipinski definition) is 4. The van der Waals surface area contributed by atoms with E-state index in [9.17, 15) is 19.5 Å². The fourth-order valence-corrected chi connectivity index (χ4v) is 2.22. The highest BCUT2D eigenvalue weighted by atomic mass is 16.3. The zero-order valence-electron chi connectivity index (χ0n) is 11.5. The van der Waals surface area contributed by atoms with Gasteiger partial charge >= 0.3 is 0 Å². The molecule has 0 radical (unpaired) electrons. The zero-order valence-corrected chi connectivity index (χ0v) is 11.5. The van der Waals surface area contributed by atoms with Crippen molar-refractivity contribution >= 4 is 17.6 Å². The minimum absolute atomic E-state index is 0.111. The van der Waals surface area contributed by atoms with Crippen LogP contribution in [0.4, 0.5) is 0 Å². The minimum Gasteiger partial charge on any atom is -0.392 e. The Morgan fingerprint density at radius 1 is 1.20 bits per heavy atom. The average molecular weight is 275 g/mol. The predicted octanol–water partition coefficient (Wildman–Crippen LogP) is 1.26. The van der Waals surface area contributed by atoms with Crippen LogP contribution in [0.25, 0.3) is 0 Å². The topological polar surface area (TPSA) is 74.7 Å². The van der Waals surface area contributed by atoms with Crippen molar-refractivity contribution in [2.45, 2.75) is 26.4 Å². The lowest BCUT2D eigenvalue weighted by molar-refractivity contribution is -0.123. The van der Waals surface area contributed by atoms with Crippen LogP contribution in [0, 0.1) is 5.92 Å². The molecule has 2 unspecified atom stereocenters. The smallest absolute Gasteiger partial charge is 0.261 e. The number of fused-ring (bicyclic) bond motifs is 1. The van der Waals surface area contributed by atoms with Crippen LogP contribution in [0.2, 0.25) is 0 Å². The largest absolute Gasteiger partial charge is 0.392 e. The molecule has 0 spiro atoms. The second kappa shape index (κ2) is 5.54. The van der Waals surface area contributed by atoms with Gasteiger partial charge in [0.1, 0.15) is 5.78 Å². The van der Waals surface area contributed by atoms with Gasteiger partial charge in [0.2, 0.25) is 0 Å². The van der Waals surface area contributed by atoms with Crippen molar-refractivity contribution in [2.24, 2.45) is 5.92 Å². The molecule has 1 aliphatic heterocycles. The number of benzene rings is 1. The van der Waals surface area contributed by atoms with Crippen molar-refractivity contribution in [1.29, 1.82) is 0 Å². The number of carbonyl (C=O) groups is 3. The highest BCUT2D eigenvalue weighted by Crippen LogP contribution is 2.23. The molecule has 106 valence electrons. The summed E-state index contributed by atoms with van der Waals surface area (Å²) in [5.41, 5.74) is 0.790. The molecular weight excluding hydrogens is 258 g/mol. The quantitative estimate of drug-likeness (QED) is 0.821. The number of hydrogen-bond donors (Lipinski definition) is 1. The number of Topliss-reactive ketones (excluding diaryl/α,β-unsaturated/α-hetero) is 1. The maximum absolute atomic E-state index is 12.1. The van der Waals surface area contributed by atoms with Gasteiger partial charge in [0, 0.05) is 12.5 Å². The second-order valence-electron chi connectivity index (χ2n) is 5.06. The number of imide groups is 1. The van der Waals surface area contributed by atoms with Crippen LogP contribution in [-0.2, 0) is 4.79 Å². The number of nitrogens with zero attached hydrogens (tertiary/aromatic N) is 1. The SMILES string of the molecule is CC(=O)C(C)C(O)CCN1C(=O)c2ccccc2C1=O. The Kier molecular flexibility index (Phi) is 3.99. The van der Waals surface area contributed by atoms with E-state index in [1.807, 2.05) is 0 Å². The predicted molar refractivity (Wildman–Crippen MR) is 72.3 cm³/mol. The third-order valence-electron chi connectivity index (χ3n) is 3.75. The molecule has 0 bridgehead atoms. The first-order valence-electron chi connectivity index (χ1n) is 6.57. The summed E-state index contributed by atoms with van der Waals surface area (Å²) in [4.78, 5) is 36.5. The number of amides is 2. The van der Waals surface area contributed by atoms with Gasteiger partial charge < -0.3 is 5.11 Å². The molecule has 0 saturated carbocycles. The molecule has 2 rings (SSSR count). The molecule has 2 amide bonds. The van der Waals surface area contributed by atoms with Gasteiger partial charge in [0.05, 0.1) is 17.2 Å². The van der Waals surface area contributed by atoms with Crippen LogP contribution in [0.5, 0.6) is 0 Å². The van der Waals surface area contributed by atoms with Crippen LogP contribution >= 0.6 is 0 Å². The van der Waals surface area contributed by atoms with E-state index in [1.54, 1.807) is 31.2 Å². The molecule has 1 N–H and O–H groups in total. The third kappa shape index (κ3) is 2.49. The summed E-state index contributed by atoms with van der Waals surface area (Å²) in [6.45, 7) is 3.16. The molecule has 0 fully saturated rings. The van der Waals surface area contributed by atoms with Gasteiger partial charge in [0.25, 0.3) is 11.8 Å². The summed E-state index contributed by atoms with van der Waals surface area (Å²) < 4.78 is 0. The summed E-state index contributed by atoms with van der Waals surface area (Å²) in [6.07, 6.45) is -0.650. The average Bonchev–Trinajstić information content (AvgIpc) is 2.68. The maximum atomic E-state index is 12.1. The lowest BCUT2D eigenvalue weighted by atomic mass is 9.98. The summed E-state index contributed by atoms with van der Waals surface area (Å²) in [5, 5.41) is 9.87. The van der Waals surface area contributed by atoms with Gasteiger partial charge in [-0.25, -0.2) is 0 Å². The standard InChI is InChI=1S/C15H17NO4/c1-9(10(2)17)13(18)7-8-16-14(19)11-5-3-4-6-12(11)15(16)20/h3-6,9,13,18H,7-8H2,1-2H3. The highest BCUT2D eigenvalue weighted by molar-refractivity contribution is 6.21. The molecule has 1 aromatic rings. The molecule has 5 nitrogen and oxygen atoms in total. The number of carbonyl (C=O) groups excluding carboxylic acids is 3. The third-order valence-corrected chi connectivity index (χ3v) is 3.75. The van der Waals surface area contributed by atoms with Gasteiger partial charge in [-0.2, -0.15) is 0 Å². The van der Waals surface area contributed by atoms with Gasteiger partial charge in [-0.1, -0.05) is 19.1 Å². The second-order valence-corrected chi connectivity index (χ2v) is 5.06. The molecule has 0 saturated heterocycles. The molecule has 0 aromatic heterocycles. The molecule has 20 heavy (non-hydrogen) atoms. The molecule has 5 heteroatoms. The Hall–Kier alpha value is -2.01. The summed E-state index contributed by atoms with van der Waals surface area (Å²) in [6, 6.07) is 6.65. The van der Waals surface area contributed by atoms with Crippen molar-refractivity contribution in [2.75, 3.05) is 6.54 Å². The van der Waals surface area contributed by atoms with E-state index in [0.717, 1.165) is 4.90 Å². The molecule has 1 aliphatic rings. The molecule has 1 heterocycles. The summed E-state index contributed by atoms with van der Waals surface area (Å²) in [5.74, 6) is -1.29. The van der Waals surface area contributed by atoms with E-state index in [4.69, 9.17) is 0 Å². The summed E-state index contributed by atoms with van der Waals surface area (Å²) >= 11 is 0. The highest BCUT2D eigenvalue weighted by Gasteiger charge is 2.35. The minimum atomic E-state index is -0.850. The zero-order chi connectivity index (χ0) is 14.9. The van der Waals surface area contributed by atoms with Crippen LogP contribution in [0.15, 0.2) is 24.3 Å². The van der Waals surface area contributed by atoms with E-state index in [0.29, 0.717) is 11.1 Å². The maximum Gasteiger partial charge on any atom is 0.261 e. The number of aliphatic hydroxyl groups is 1. The lowest BCUT2D eigenvalue weighted by Gasteiger charge is -2.19. The first-order valence-corrected chi connectivity index (χ1v) is 6.57. The molecule has 0 aliphatic carbocycles. The van der Waals surface area contributed by atoms with Crippen molar-refractivity contribution < 1.29 is 19.5 Å². The Bertz CT molecular complexity index is 532. The lowest BCUT2D eigenvalue weighted by Crippen LogP contribution is -2.34. The normalized spacial score (nSPS) is 17.1. The Morgan fingerprint density at radius 3 is 2.15 bits per heavy atom. The van der Waals surface area contributed by atoms with Crippen LogP contribution in [-0.4, -0.2) is 40.3 Å². The van der Waals surface area contributed by atoms with Gasteiger partial charge in [0.15, 0.2) is 0 Å². The van der Waals surface area contributed by atoms with E-state index in [-0.39, 0.29) is 30.6 Å². The van der Waals surface area contributed by atoms with Crippen LogP contribution in [0.3, 0.4) is 0 Å². The van der Waals surface area contributed by atoms with Crippen molar-refractivity contribution in [3.63, 3.8) is 0 Å². The molecular formula is C15H17NO4. The first-order chi connectivity index (χ1) is 9.43. The fourth-order valence-electron chi connectivity index (χ4n) is 2.22. The van der Waals surface area contributed by atoms with Crippen molar-refractivity contribution in [1.82, 2.24) is 4.90 Å². The van der Waals surface area contributed by atoms with E-state index in [2.05, 4.69) is 0 Å². The van der Waals surface area contributed by atoms with Crippen LogP contribution in [0.1, 0.15) is 41.0 Å². The first kappa shape index (κ1) is 14.4. The fraction of sp³-hybridized carbons (Fsp3) is 0.400. The Morgan fingerprint density at radius 2 is 1.70 bits per heavy atom. The van der Waals surface area contributed by atoms with E-state index in [1.165, 1.54) is 6.92 Å². The van der Waals surface area contributed by atoms with Gasteiger partial charge in [-0.15, -0.1) is 0 Å². The van der Waals surface area contributed by atoms with Gasteiger partial charge in [-0.05, 0) is 25.5 Å². The summed E-state index contributed by atoms with van der Waals surface area (Å²) in [7, 11) is 0. The Balaban J connectivity index is 2.04. The number of aliphatic hydroxyl groups excluding tert-OH is 1.